The lowest BCUT2D eigenvalue weighted by Gasteiger charge is -2.10. The van der Waals surface area contributed by atoms with Crippen LogP contribution in [0.5, 0.6) is 0 Å². The minimum Gasteiger partial charge on any atom is -0.133 e. The van der Waals surface area contributed by atoms with Crippen LogP contribution >= 0.6 is 9.24 Å². The number of benzene rings is 3. The van der Waals surface area contributed by atoms with Crippen LogP contribution in [0.25, 0.3) is 11.1 Å². The minimum atomic E-state index is 0.755. The summed E-state index contributed by atoms with van der Waals surface area (Å²) in [5, 5.41) is 0. The lowest BCUT2D eigenvalue weighted by molar-refractivity contribution is 0.560. The molecule has 1 heteroatoms. The summed E-state index contributed by atoms with van der Waals surface area (Å²) in [6.45, 7) is 4.58. The van der Waals surface area contributed by atoms with Crippen LogP contribution < -0.4 is 0 Å². The van der Waals surface area contributed by atoms with E-state index in [1.165, 1.54) is 46.2 Å². The third-order valence-corrected chi connectivity index (χ3v) is 5.66. The van der Waals surface area contributed by atoms with Gasteiger partial charge < -0.3 is 0 Å². The second-order valence-corrected chi connectivity index (χ2v) is 7.72. The Hall–Kier alpha value is -1.91. The van der Waals surface area contributed by atoms with Gasteiger partial charge in [0.1, 0.15) is 0 Å². The molecule has 0 aliphatic heterocycles. The maximum atomic E-state index is 2.78. The smallest absolute Gasteiger partial charge is 0.00258 e. The molecule has 3 aromatic carbocycles. The number of hydrogen-bond donors (Lipinski definition) is 0. The van der Waals surface area contributed by atoms with Gasteiger partial charge in [-0.1, -0.05) is 93.1 Å². The molecular weight excluding hydrogens is 331 g/mol. The quantitative estimate of drug-likeness (QED) is 0.402. The van der Waals surface area contributed by atoms with E-state index in [1.54, 1.807) is 0 Å². The summed E-state index contributed by atoms with van der Waals surface area (Å²) in [7, 11) is 2.78. The average molecular weight is 360 g/mol. The van der Waals surface area contributed by atoms with Crippen molar-refractivity contribution in [1.29, 1.82) is 0 Å². The predicted molar refractivity (Wildman–Crippen MR) is 118 cm³/mol. The highest BCUT2D eigenvalue weighted by atomic mass is 31.0. The highest BCUT2D eigenvalue weighted by molar-refractivity contribution is 7.15. The predicted octanol–water partition coefficient (Wildman–Crippen LogP) is 6.91. The average Bonchev–Trinajstić information content (AvgIpc) is 2.70. The van der Waals surface area contributed by atoms with Gasteiger partial charge in [0.2, 0.25) is 0 Å². The Morgan fingerprint density at radius 2 is 1.08 bits per heavy atom. The normalized spacial score (nSPS) is 12.1. The lowest BCUT2D eigenvalue weighted by atomic mass is 9.96. The zero-order valence-corrected chi connectivity index (χ0v) is 17.1. The summed E-state index contributed by atoms with van der Waals surface area (Å²) in [5.41, 5.74) is 8.13. The largest absolute Gasteiger partial charge is 0.133 e. The van der Waals surface area contributed by atoms with Gasteiger partial charge in [-0.2, -0.15) is 0 Å². The maximum Gasteiger partial charge on any atom is -0.00258 e. The van der Waals surface area contributed by atoms with Gasteiger partial charge in [0.25, 0.3) is 0 Å². The van der Waals surface area contributed by atoms with E-state index in [0.29, 0.717) is 0 Å². The standard InChI is InChI=1S/C25H29P/c1-3-19(2)16-20-8-12-24(13-9-20)25-14-10-22(11-15-25)17-21-4-6-23(18-26)7-5-21/h4-15,19H,3,16-18,26H2,1-2H3. The Morgan fingerprint density at radius 3 is 1.54 bits per heavy atom. The van der Waals surface area contributed by atoms with Gasteiger partial charge >= 0.3 is 0 Å². The molecule has 3 aromatic rings. The second kappa shape index (κ2) is 9.15. The summed E-state index contributed by atoms with van der Waals surface area (Å²) in [5.74, 6) is 0.755. The molecule has 0 spiro atoms. The van der Waals surface area contributed by atoms with Crippen LogP contribution in [0.3, 0.4) is 0 Å². The molecule has 0 aliphatic carbocycles. The third-order valence-electron chi connectivity index (χ3n) is 5.19. The fraction of sp³-hybridized carbons (Fsp3) is 0.280. The van der Waals surface area contributed by atoms with E-state index >= 15 is 0 Å². The van der Waals surface area contributed by atoms with Crippen LogP contribution in [0, 0.1) is 5.92 Å². The first-order valence-corrected chi connectivity index (χ1v) is 10.5. The van der Waals surface area contributed by atoms with Crippen molar-refractivity contribution >= 4 is 9.24 Å². The van der Waals surface area contributed by atoms with Crippen LogP contribution in [0.2, 0.25) is 0 Å². The van der Waals surface area contributed by atoms with E-state index < -0.39 is 0 Å². The molecule has 0 saturated heterocycles. The molecule has 3 rings (SSSR count). The summed E-state index contributed by atoms with van der Waals surface area (Å²) in [4.78, 5) is 0. The van der Waals surface area contributed by atoms with Gasteiger partial charge in [0.05, 0.1) is 0 Å². The Kier molecular flexibility index (Phi) is 6.64. The van der Waals surface area contributed by atoms with E-state index in [1.807, 2.05) is 0 Å². The van der Waals surface area contributed by atoms with Crippen molar-refractivity contribution < 1.29 is 0 Å². The van der Waals surface area contributed by atoms with Crippen LogP contribution in [-0.2, 0) is 19.0 Å². The molecule has 0 bridgehead atoms. The first-order valence-electron chi connectivity index (χ1n) is 9.64. The Bertz CT molecular complexity index is 798. The van der Waals surface area contributed by atoms with E-state index in [2.05, 4.69) is 95.9 Å². The topological polar surface area (TPSA) is 0 Å². The van der Waals surface area contributed by atoms with Gasteiger partial charge in [-0.25, -0.2) is 0 Å². The first-order chi connectivity index (χ1) is 12.7. The van der Waals surface area contributed by atoms with Crippen molar-refractivity contribution in [2.45, 2.75) is 39.3 Å². The second-order valence-electron chi connectivity index (χ2n) is 7.31. The van der Waals surface area contributed by atoms with Crippen LogP contribution in [0.4, 0.5) is 0 Å². The molecule has 0 radical (unpaired) electrons. The van der Waals surface area contributed by atoms with Crippen molar-refractivity contribution in [2.24, 2.45) is 5.92 Å². The monoisotopic (exact) mass is 360 g/mol. The van der Waals surface area contributed by atoms with Crippen molar-refractivity contribution in [3.05, 3.63) is 95.1 Å². The molecule has 0 nitrogen and oxygen atoms in total. The van der Waals surface area contributed by atoms with Crippen LogP contribution in [-0.4, -0.2) is 0 Å². The molecule has 2 unspecified atom stereocenters. The van der Waals surface area contributed by atoms with Gasteiger partial charge in [-0.05, 0) is 58.3 Å². The van der Waals surface area contributed by atoms with E-state index in [0.717, 1.165) is 18.5 Å². The molecule has 0 saturated carbocycles. The molecule has 0 aromatic heterocycles. The lowest BCUT2D eigenvalue weighted by Crippen LogP contribution is -1.97. The Balaban J connectivity index is 1.66. The summed E-state index contributed by atoms with van der Waals surface area (Å²) in [6, 6.07) is 27.0. The van der Waals surface area contributed by atoms with Gasteiger partial charge in [0, 0.05) is 0 Å². The molecule has 0 heterocycles. The maximum absolute atomic E-state index is 2.78. The van der Waals surface area contributed by atoms with Gasteiger partial charge in [-0.3, -0.25) is 0 Å². The van der Waals surface area contributed by atoms with E-state index in [-0.39, 0.29) is 0 Å². The van der Waals surface area contributed by atoms with E-state index in [9.17, 15) is 0 Å². The molecule has 0 amide bonds. The summed E-state index contributed by atoms with van der Waals surface area (Å²) >= 11 is 0. The first kappa shape index (κ1) is 18.9. The zero-order valence-electron chi connectivity index (χ0n) is 15.9. The fourth-order valence-electron chi connectivity index (χ4n) is 3.22. The zero-order chi connectivity index (χ0) is 18.4. The third kappa shape index (κ3) is 5.05. The van der Waals surface area contributed by atoms with Crippen LogP contribution in [0.1, 0.15) is 42.5 Å². The highest BCUT2D eigenvalue weighted by Gasteiger charge is 2.03. The molecule has 0 N–H and O–H groups in total. The molecule has 0 aliphatic rings. The Morgan fingerprint density at radius 1 is 0.654 bits per heavy atom. The van der Waals surface area contributed by atoms with Crippen molar-refractivity contribution in [3.8, 4) is 11.1 Å². The fourth-order valence-corrected chi connectivity index (χ4v) is 3.50. The van der Waals surface area contributed by atoms with Crippen LogP contribution in [0.15, 0.2) is 72.8 Å². The molecular formula is C25H29P. The van der Waals surface area contributed by atoms with Crippen molar-refractivity contribution in [1.82, 2.24) is 0 Å². The summed E-state index contributed by atoms with van der Waals surface area (Å²) < 4.78 is 0. The molecule has 134 valence electrons. The van der Waals surface area contributed by atoms with Gasteiger partial charge in [0.15, 0.2) is 0 Å². The number of rotatable bonds is 7. The van der Waals surface area contributed by atoms with Crippen molar-refractivity contribution in [3.63, 3.8) is 0 Å². The SMILES string of the molecule is CCC(C)Cc1ccc(-c2ccc(Cc3ccc(CP)cc3)cc2)cc1. The van der Waals surface area contributed by atoms with Gasteiger partial charge in [-0.15, -0.1) is 9.24 Å². The molecule has 0 fully saturated rings. The Labute approximate surface area is 160 Å². The van der Waals surface area contributed by atoms with E-state index in [4.69, 9.17) is 0 Å². The number of hydrogen-bond acceptors (Lipinski definition) is 0. The van der Waals surface area contributed by atoms with Crippen molar-refractivity contribution in [2.75, 3.05) is 0 Å². The highest BCUT2D eigenvalue weighted by Crippen LogP contribution is 2.23. The molecule has 26 heavy (non-hydrogen) atoms. The summed E-state index contributed by atoms with van der Waals surface area (Å²) in [6.07, 6.45) is 4.42. The minimum absolute atomic E-state index is 0.755. The molecule has 2 atom stereocenters.